The fourth-order valence-corrected chi connectivity index (χ4v) is 5.00. The van der Waals surface area contributed by atoms with E-state index in [4.69, 9.17) is 0 Å². The summed E-state index contributed by atoms with van der Waals surface area (Å²) in [5.74, 6) is 0.107. The van der Waals surface area contributed by atoms with Gasteiger partial charge in [-0.15, -0.1) is 0 Å². The first-order chi connectivity index (χ1) is 16.5. The highest BCUT2D eigenvalue weighted by Crippen LogP contribution is 2.48. The molecule has 0 aliphatic carbocycles. The number of phenolic OH excluding ortho intramolecular Hbond substituents is 4. The highest BCUT2D eigenvalue weighted by Gasteiger charge is 2.32. The second-order valence-corrected chi connectivity index (χ2v) is 8.67. The number of para-hydroxylation sites is 4. The summed E-state index contributed by atoms with van der Waals surface area (Å²) in [5.41, 5.74) is 2.94. The van der Waals surface area contributed by atoms with E-state index in [1.54, 1.807) is 48.5 Å². The lowest BCUT2D eigenvalue weighted by Gasteiger charge is -2.32. The molecule has 1 atom stereocenters. The van der Waals surface area contributed by atoms with Crippen LogP contribution in [0.1, 0.15) is 53.9 Å². The van der Waals surface area contributed by atoms with E-state index in [1.165, 1.54) is 0 Å². The quantitative estimate of drug-likeness (QED) is 0.234. The SMILES string of the molecule is CCC(CC(c1ccccc1O)c1ccccc1O)C(c1ccccc1O)c1ccccc1O. The van der Waals surface area contributed by atoms with E-state index in [2.05, 4.69) is 6.92 Å². The minimum Gasteiger partial charge on any atom is -0.508 e. The smallest absolute Gasteiger partial charge is 0.119 e. The molecular formula is C30H30O4. The number of hydrogen-bond donors (Lipinski definition) is 4. The Morgan fingerprint density at radius 1 is 0.500 bits per heavy atom. The summed E-state index contributed by atoms with van der Waals surface area (Å²) in [6, 6.07) is 28.9. The van der Waals surface area contributed by atoms with Crippen molar-refractivity contribution in [3.05, 3.63) is 119 Å². The van der Waals surface area contributed by atoms with Crippen LogP contribution >= 0.6 is 0 Å². The topological polar surface area (TPSA) is 80.9 Å². The first kappa shape index (κ1) is 23.2. The van der Waals surface area contributed by atoms with Gasteiger partial charge in [0, 0.05) is 34.1 Å². The molecule has 0 radical (unpaired) electrons. The fraction of sp³-hybridized carbons (Fsp3) is 0.200. The highest BCUT2D eigenvalue weighted by molar-refractivity contribution is 5.49. The molecule has 0 saturated carbocycles. The number of benzene rings is 4. The van der Waals surface area contributed by atoms with Crippen LogP contribution < -0.4 is 0 Å². The lowest BCUT2D eigenvalue weighted by molar-refractivity contribution is 0.366. The van der Waals surface area contributed by atoms with Crippen LogP contribution in [0.3, 0.4) is 0 Å². The fourth-order valence-electron chi connectivity index (χ4n) is 5.00. The van der Waals surface area contributed by atoms with Crippen LogP contribution in [0.15, 0.2) is 97.1 Å². The Balaban J connectivity index is 1.85. The first-order valence-corrected chi connectivity index (χ1v) is 11.6. The summed E-state index contributed by atoms with van der Waals surface area (Å²) in [5, 5.41) is 43.0. The molecule has 0 fully saturated rings. The van der Waals surface area contributed by atoms with E-state index < -0.39 is 0 Å². The zero-order chi connectivity index (χ0) is 24.1. The monoisotopic (exact) mass is 454 g/mol. The molecule has 0 spiro atoms. The third kappa shape index (κ3) is 4.72. The molecule has 4 rings (SSSR count). The zero-order valence-electron chi connectivity index (χ0n) is 19.2. The molecule has 1 unspecified atom stereocenters. The minimum atomic E-state index is -0.286. The molecule has 4 aromatic carbocycles. The molecule has 0 aliphatic rings. The van der Waals surface area contributed by atoms with Gasteiger partial charge in [0.1, 0.15) is 23.0 Å². The van der Waals surface area contributed by atoms with Gasteiger partial charge < -0.3 is 20.4 Å². The van der Waals surface area contributed by atoms with Gasteiger partial charge in [-0.25, -0.2) is 0 Å². The molecule has 0 saturated heterocycles. The van der Waals surface area contributed by atoms with Crippen LogP contribution in [0.25, 0.3) is 0 Å². The maximum atomic E-state index is 10.8. The van der Waals surface area contributed by atoms with Gasteiger partial charge in [0.2, 0.25) is 0 Å². The van der Waals surface area contributed by atoms with Crippen LogP contribution in [-0.4, -0.2) is 20.4 Å². The van der Waals surface area contributed by atoms with Crippen molar-refractivity contribution in [1.82, 2.24) is 0 Å². The van der Waals surface area contributed by atoms with Crippen molar-refractivity contribution < 1.29 is 20.4 Å². The predicted octanol–water partition coefficient (Wildman–Crippen LogP) is 6.89. The Bertz CT molecular complexity index is 1160. The van der Waals surface area contributed by atoms with Gasteiger partial charge in [0.15, 0.2) is 0 Å². The average molecular weight is 455 g/mol. The minimum absolute atomic E-state index is 0.0224. The van der Waals surface area contributed by atoms with Crippen molar-refractivity contribution in [2.45, 2.75) is 31.6 Å². The summed E-state index contributed by atoms with van der Waals surface area (Å²) in [6.45, 7) is 2.09. The van der Waals surface area contributed by atoms with Crippen LogP contribution in [0.2, 0.25) is 0 Å². The average Bonchev–Trinajstić information content (AvgIpc) is 2.85. The van der Waals surface area contributed by atoms with Gasteiger partial charge in [-0.2, -0.15) is 0 Å². The van der Waals surface area contributed by atoms with Gasteiger partial charge in [0.05, 0.1) is 0 Å². The van der Waals surface area contributed by atoms with E-state index in [0.717, 1.165) is 28.7 Å². The number of aromatic hydroxyl groups is 4. The second kappa shape index (κ2) is 10.3. The second-order valence-electron chi connectivity index (χ2n) is 8.67. The van der Waals surface area contributed by atoms with Gasteiger partial charge in [-0.3, -0.25) is 0 Å². The molecule has 0 heterocycles. The van der Waals surface area contributed by atoms with Crippen molar-refractivity contribution in [2.24, 2.45) is 5.92 Å². The van der Waals surface area contributed by atoms with Gasteiger partial charge in [0.25, 0.3) is 0 Å². The Labute approximate surface area is 200 Å². The number of phenols is 4. The van der Waals surface area contributed by atoms with Gasteiger partial charge in [-0.1, -0.05) is 86.1 Å². The summed E-state index contributed by atoms with van der Waals surface area (Å²) < 4.78 is 0. The molecule has 0 bridgehead atoms. The zero-order valence-corrected chi connectivity index (χ0v) is 19.2. The van der Waals surface area contributed by atoms with Crippen LogP contribution in [-0.2, 0) is 0 Å². The van der Waals surface area contributed by atoms with E-state index in [9.17, 15) is 20.4 Å². The molecule has 0 amide bonds. The van der Waals surface area contributed by atoms with Crippen molar-refractivity contribution >= 4 is 0 Å². The first-order valence-electron chi connectivity index (χ1n) is 11.6. The summed E-state index contributed by atoms with van der Waals surface area (Å²) >= 11 is 0. The molecule has 0 aromatic heterocycles. The third-order valence-corrected chi connectivity index (χ3v) is 6.70. The van der Waals surface area contributed by atoms with E-state index in [-0.39, 0.29) is 40.8 Å². The van der Waals surface area contributed by atoms with Crippen LogP contribution in [0, 0.1) is 5.92 Å². The lowest BCUT2D eigenvalue weighted by Crippen LogP contribution is -2.18. The molecule has 34 heavy (non-hydrogen) atoms. The van der Waals surface area contributed by atoms with Crippen molar-refractivity contribution in [3.63, 3.8) is 0 Å². The Hall–Kier alpha value is -3.92. The van der Waals surface area contributed by atoms with Gasteiger partial charge >= 0.3 is 0 Å². The van der Waals surface area contributed by atoms with Crippen molar-refractivity contribution in [3.8, 4) is 23.0 Å². The Kier molecular flexibility index (Phi) is 7.07. The molecule has 0 aliphatic heterocycles. The molecule has 4 aromatic rings. The molecule has 4 heteroatoms. The Morgan fingerprint density at radius 3 is 1.15 bits per heavy atom. The lowest BCUT2D eigenvalue weighted by atomic mass is 9.72. The van der Waals surface area contributed by atoms with Gasteiger partial charge in [-0.05, 0) is 36.6 Å². The molecule has 4 nitrogen and oxygen atoms in total. The standard InChI is InChI=1S/C30H30O4/c1-2-20(30(23-13-5-9-17-28(23)33)24-14-6-10-18-29(24)34)19-25(21-11-3-7-15-26(21)31)22-12-4-8-16-27(22)32/h3-18,20,25,30-34H,2,19H2,1H3. The summed E-state index contributed by atoms with van der Waals surface area (Å²) in [4.78, 5) is 0. The maximum Gasteiger partial charge on any atom is 0.119 e. The summed E-state index contributed by atoms with van der Waals surface area (Å²) in [6.07, 6.45) is 1.34. The molecule has 174 valence electrons. The third-order valence-electron chi connectivity index (χ3n) is 6.70. The van der Waals surface area contributed by atoms with Crippen LogP contribution in [0.4, 0.5) is 0 Å². The number of rotatable bonds is 8. The summed E-state index contributed by atoms with van der Waals surface area (Å²) in [7, 11) is 0. The largest absolute Gasteiger partial charge is 0.508 e. The highest BCUT2D eigenvalue weighted by atomic mass is 16.3. The van der Waals surface area contributed by atoms with E-state index in [1.807, 2.05) is 48.5 Å². The molecular weight excluding hydrogens is 424 g/mol. The van der Waals surface area contributed by atoms with Crippen molar-refractivity contribution in [2.75, 3.05) is 0 Å². The predicted molar refractivity (Wildman–Crippen MR) is 135 cm³/mol. The van der Waals surface area contributed by atoms with Crippen molar-refractivity contribution in [1.29, 1.82) is 0 Å². The normalized spacial score (nSPS) is 12.2. The van der Waals surface area contributed by atoms with E-state index in [0.29, 0.717) is 6.42 Å². The van der Waals surface area contributed by atoms with Crippen LogP contribution in [0.5, 0.6) is 23.0 Å². The van der Waals surface area contributed by atoms with E-state index >= 15 is 0 Å². The number of hydrogen-bond acceptors (Lipinski definition) is 4. The Morgan fingerprint density at radius 2 is 0.824 bits per heavy atom. The maximum absolute atomic E-state index is 10.8. The molecule has 4 N–H and O–H groups in total.